The Hall–Kier alpha value is -2.88. The van der Waals surface area contributed by atoms with E-state index in [9.17, 15) is 28.0 Å². The molecule has 0 aromatic heterocycles. The highest BCUT2D eigenvalue weighted by molar-refractivity contribution is 6.25. The number of hydrogen-bond acceptors (Lipinski definition) is 6. The zero-order valence-electron chi connectivity index (χ0n) is 15.3. The number of fused-ring (bicyclic) bond motifs is 3. The Morgan fingerprint density at radius 1 is 0.966 bits per heavy atom. The predicted molar refractivity (Wildman–Crippen MR) is 95.2 cm³/mol. The van der Waals surface area contributed by atoms with Gasteiger partial charge in [0.1, 0.15) is 6.04 Å². The van der Waals surface area contributed by atoms with Crippen LogP contribution in [0.15, 0.2) is 6.07 Å². The molecule has 0 radical (unpaired) electrons. The molecule has 2 bridgehead atoms. The van der Waals surface area contributed by atoms with Crippen molar-refractivity contribution in [1.82, 2.24) is 15.5 Å². The Morgan fingerprint density at radius 3 is 2.31 bits per heavy atom. The quantitative estimate of drug-likeness (QED) is 0.689. The molecule has 4 amide bonds. The van der Waals surface area contributed by atoms with E-state index in [0.29, 0.717) is 13.1 Å². The van der Waals surface area contributed by atoms with Crippen molar-refractivity contribution in [3.05, 3.63) is 28.8 Å². The molecular formula is C19H18F2N4O4. The van der Waals surface area contributed by atoms with Gasteiger partial charge in [-0.25, -0.2) is 8.78 Å². The molecule has 29 heavy (non-hydrogen) atoms. The highest BCUT2D eigenvalue weighted by atomic mass is 19.2. The van der Waals surface area contributed by atoms with Crippen molar-refractivity contribution in [3.63, 3.8) is 0 Å². The largest absolute Gasteiger partial charge is 0.365 e. The molecular weight excluding hydrogens is 386 g/mol. The summed E-state index contributed by atoms with van der Waals surface area (Å²) < 4.78 is 29.2. The summed E-state index contributed by atoms with van der Waals surface area (Å²) in [4.78, 5) is 52.0. The highest BCUT2D eigenvalue weighted by Gasteiger charge is 2.48. The molecule has 1 aromatic carbocycles. The van der Waals surface area contributed by atoms with Gasteiger partial charge in [0.25, 0.3) is 11.8 Å². The van der Waals surface area contributed by atoms with Crippen molar-refractivity contribution in [2.24, 2.45) is 0 Å². The van der Waals surface area contributed by atoms with Gasteiger partial charge in [-0.1, -0.05) is 0 Å². The number of anilines is 1. The fraction of sp³-hybridized carbons (Fsp3) is 0.474. The number of benzene rings is 1. The second-order valence-corrected chi connectivity index (χ2v) is 7.93. The van der Waals surface area contributed by atoms with Crippen LogP contribution in [0, 0.1) is 11.6 Å². The SMILES string of the molecule is O=C1CCC(N2C(=O)c3cc(F)c(F)c(N4C[C@H]5CC[C@@H](C4)N5)c3C2=O)C(=O)N1. The van der Waals surface area contributed by atoms with Crippen LogP contribution in [0.1, 0.15) is 46.4 Å². The fourth-order valence-electron chi connectivity index (χ4n) is 4.83. The summed E-state index contributed by atoms with van der Waals surface area (Å²) in [6, 6.07) is -0.258. The van der Waals surface area contributed by atoms with Gasteiger partial charge >= 0.3 is 0 Å². The van der Waals surface area contributed by atoms with E-state index in [1.807, 2.05) is 0 Å². The van der Waals surface area contributed by atoms with E-state index in [1.165, 1.54) is 0 Å². The summed E-state index contributed by atoms with van der Waals surface area (Å²) in [7, 11) is 0. The zero-order valence-corrected chi connectivity index (χ0v) is 15.3. The number of rotatable bonds is 2. The van der Waals surface area contributed by atoms with E-state index in [2.05, 4.69) is 10.6 Å². The second kappa shape index (κ2) is 6.31. The number of halogens is 2. The third-order valence-corrected chi connectivity index (χ3v) is 6.13. The summed E-state index contributed by atoms with van der Waals surface area (Å²) in [5.74, 6) is -5.32. The third-order valence-electron chi connectivity index (χ3n) is 6.13. The Kier molecular flexibility index (Phi) is 3.95. The van der Waals surface area contributed by atoms with Gasteiger partial charge in [0.15, 0.2) is 11.6 Å². The molecule has 3 saturated heterocycles. The van der Waals surface area contributed by atoms with Gasteiger partial charge in [0.05, 0.1) is 16.8 Å². The molecule has 8 nitrogen and oxygen atoms in total. The summed E-state index contributed by atoms with van der Waals surface area (Å²) in [6.45, 7) is 0.784. The minimum atomic E-state index is -1.21. The standard InChI is InChI=1S/C19H18F2N4O4/c20-11-5-10-14(16(15(11)21)24-6-8-1-2-9(7-24)22-8)19(29)25(18(10)28)12-3-4-13(26)23-17(12)27/h5,8-9,12,22H,1-4,6-7H2,(H,23,26,27)/t8-,9+,12?. The van der Waals surface area contributed by atoms with Crippen LogP contribution >= 0.6 is 0 Å². The van der Waals surface area contributed by atoms with Gasteiger partial charge in [-0.2, -0.15) is 0 Å². The van der Waals surface area contributed by atoms with Crippen LogP contribution in [-0.2, 0) is 9.59 Å². The summed E-state index contributed by atoms with van der Waals surface area (Å²) in [5.41, 5.74) is -0.675. The number of piperidine rings is 1. The van der Waals surface area contributed by atoms with Gasteiger partial charge < -0.3 is 10.2 Å². The molecule has 152 valence electrons. The number of carbonyl (C=O) groups excluding carboxylic acids is 4. The van der Waals surface area contributed by atoms with Gasteiger partial charge in [0.2, 0.25) is 11.8 Å². The second-order valence-electron chi connectivity index (χ2n) is 7.93. The number of carbonyl (C=O) groups is 4. The Labute approximate surface area is 164 Å². The molecule has 4 heterocycles. The minimum Gasteiger partial charge on any atom is -0.365 e. The van der Waals surface area contributed by atoms with Gasteiger partial charge in [-0.3, -0.25) is 29.4 Å². The normalized spacial score (nSPS) is 28.8. The molecule has 4 aliphatic rings. The van der Waals surface area contributed by atoms with Crippen LogP contribution in [-0.4, -0.2) is 59.7 Å². The van der Waals surface area contributed by atoms with Crippen molar-refractivity contribution < 1.29 is 28.0 Å². The fourth-order valence-corrected chi connectivity index (χ4v) is 4.83. The lowest BCUT2D eigenvalue weighted by Crippen LogP contribution is -2.54. The molecule has 2 N–H and O–H groups in total. The average molecular weight is 404 g/mol. The maximum atomic E-state index is 14.9. The van der Waals surface area contributed by atoms with Crippen LogP contribution in [0.3, 0.4) is 0 Å². The van der Waals surface area contributed by atoms with Crippen molar-refractivity contribution in [1.29, 1.82) is 0 Å². The van der Waals surface area contributed by atoms with Crippen molar-refractivity contribution >= 4 is 29.3 Å². The molecule has 1 aromatic rings. The van der Waals surface area contributed by atoms with Crippen molar-refractivity contribution in [2.75, 3.05) is 18.0 Å². The van der Waals surface area contributed by atoms with Gasteiger partial charge in [-0.15, -0.1) is 0 Å². The Balaban J connectivity index is 1.57. The number of amides is 4. The lowest BCUT2D eigenvalue weighted by Gasteiger charge is -2.35. The topological polar surface area (TPSA) is 98.8 Å². The minimum absolute atomic E-state index is 0.0196. The predicted octanol–water partition coefficient (Wildman–Crippen LogP) is 0.307. The summed E-state index contributed by atoms with van der Waals surface area (Å²) >= 11 is 0. The number of hydrogen-bond donors (Lipinski definition) is 2. The number of nitrogens with one attached hydrogen (secondary N) is 2. The third kappa shape index (κ3) is 2.65. The van der Waals surface area contributed by atoms with E-state index in [-0.39, 0.29) is 41.7 Å². The number of piperazine rings is 1. The molecule has 10 heteroatoms. The first kappa shape index (κ1) is 18.2. The first-order valence-electron chi connectivity index (χ1n) is 9.59. The van der Waals surface area contributed by atoms with Crippen molar-refractivity contribution in [2.45, 2.75) is 43.8 Å². The lowest BCUT2D eigenvalue weighted by molar-refractivity contribution is -0.136. The van der Waals surface area contributed by atoms with Crippen LogP contribution in [0.2, 0.25) is 0 Å². The number of imide groups is 2. The van der Waals surface area contributed by atoms with Crippen LogP contribution in [0.4, 0.5) is 14.5 Å². The molecule has 0 saturated carbocycles. The molecule has 3 fully saturated rings. The first-order chi connectivity index (χ1) is 13.8. The average Bonchev–Trinajstić information content (AvgIpc) is 3.13. The Morgan fingerprint density at radius 2 is 1.66 bits per heavy atom. The molecule has 1 unspecified atom stereocenters. The van der Waals surface area contributed by atoms with Crippen molar-refractivity contribution in [3.8, 4) is 0 Å². The summed E-state index contributed by atoms with van der Waals surface area (Å²) in [6.07, 6.45) is 1.75. The van der Waals surface area contributed by atoms with E-state index in [1.54, 1.807) is 4.90 Å². The molecule has 4 aliphatic heterocycles. The first-order valence-corrected chi connectivity index (χ1v) is 9.59. The van der Waals surface area contributed by atoms with Crippen LogP contribution in [0.25, 0.3) is 0 Å². The van der Waals surface area contributed by atoms with Gasteiger partial charge in [-0.05, 0) is 25.3 Å². The molecule has 5 rings (SSSR count). The highest BCUT2D eigenvalue weighted by Crippen LogP contribution is 2.39. The van der Waals surface area contributed by atoms with E-state index >= 15 is 0 Å². The van der Waals surface area contributed by atoms with E-state index < -0.39 is 41.3 Å². The molecule has 0 aliphatic carbocycles. The molecule has 3 atom stereocenters. The van der Waals surface area contributed by atoms with Gasteiger partial charge in [0, 0.05) is 31.6 Å². The van der Waals surface area contributed by atoms with E-state index in [4.69, 9.17) is 0 Å². The molecule has 0 spiro atoms. The summed E-state index contributed by atoms with van der Waals surface area (Å²) in [5, 5.41) is 5.48. The van der Waals surface area contributed by atoms with Crippen LogP contribution in [0.5, 0.6) is 0 Å². The monoisotopic (exact) mass is 404 g/mol. The lowest BCUT2D eigenvalue weighted by atomic mass is 10.0. The maximum absolute atomic E-state index is 14.9. The maximum Gasteiger partial charge on any atom is 0.264 e. The van der Waals surface area contributed by atoms with E-state index in [0.717, 1.165) is 23.8 Å². The number of nitrogens with zero attached hydrogens (tertiary/aromatic N) is 2. The Bertz CT molecular complexity index is 969. The van der Waals surface area contributed by atoms with Crippen LogP contribution < -0.4 is 15.5 Å². The smallest absolute Gasteiger partial charge is 0.264 e. The zero-order chi connectivity index (χ0) is 20.4.